The third-order valence-corrected chi connectivity index (χ3v) is 4.54. The maximum absolute atomic E-state index is 5.95. The number of guanidine groups is 1. The number of aryl methyl sites for hydroxylation is 1. The van der Waals surface area contributed by atoms with E-state index in [4.69, 9.17) is 8.83 Å². The first-order valence-electron chi connectivity index (χ1n) is 8.71. The second-order valence-electron chi connectivity index (χ2n) is 6.45. The minimum atomic E-state index is 0.122. The Morgan fingerprint density at radius 3 is 2.62 bits per heavy atom. The van der Waals surface area contributed by atoms with Crippen LogP contribution in [0.25, 0.3) is 11.0 Å². The maximum atomic E-state index is 5.95. The second kappa shape index (κ2) is 8.10. The molecule has 1 unspecified atom stereocenters. The molecule has 0 aliphatic carbocycles. The number of nitrogens with zero attached hydrogens (tertiary/aromatic N) is 2. The summed E-state index contributed by atoms with van der Waals surface area (Å²) < 4.78 is 11.5. The zero-order valence-electron chi connectivity index (χ0n) is 15.7. The average Bonchev–Trinajstić information content (AvgIpc) is 3.27. The van der Waals surface area contributed by atoms with Gasteiger partial charge in [0.05, 0.1) is 18.8 Å². The highest BCUT2D eigenvalue weighted by molar-refractivity contribution is 5.82. The van der Waals surface area contributed by atoms with E-state index in [9.17, 15) is 0 Å². The van der Waals surface area contributed by atoms with Crippen molar-refractivity contribution in [3.05, 3.63) is 59.7 Å². The van der Waals surface area contributed by atoms with Gasteiger partial charge in [-0.3, -0.25) is 9.89 Å². The lowest BCUT2D eigenvalue weighted by molar-refractivity contribution is 0.258. The van der Waals surface area contributed by atoms with Gasteiger partial charge in [0, 0.05) is 24.5 Å². The summed E-state index contributed by atoms with van der Waals surface area (Å²) in [6.07, 6.45) is 1.70. The molecule has 0 amide bonds. The zero-order chi connectivity index (χ0) is 18.5. The molecule has 0 saturated heterocycles. The predicted octanol–water partition coefficient (Wildman–Crippen LogP) is 3.30. The van der Waals surface area contributed by atoms with Crippen LogP contribution in [0.3, 0.4) is 0 Å². The van der Waals surface area contributed by atoms with Gasteiger partial charge in [0.25, 0.3) is 0 Å². The Labute approximate surface area is 153 Å². The Morgan fingerprint density at radius 2 is 1.96 bits per heavy atom. The van der Waals surface area contributed by atoms with Crippen LogP contribution in [0.5, 0.6) is 0 Å². The standard InChI is InChI=1S/C20H26N4O2/c1-14-15-8-5-6-9-17(15)26-19(14)13-23-20(21-2)22-12-16(24(3)4)18-10-7-11-25-18/h5-11,16H,12-13H2,1-4H3,(H2,21,22,23). The van der Waals surface area contributed by atoms with Crippen molar-refractivity contribution in [2.24, 2.45) is 4.99 Å². The molecule has 6 nitrogen and oxygen atoms in total. The number of para-hydroxylation sites is 1. The average molecular weight is 354 g/mol. The first kappa shape index (κ1) is 18.1. The number of benzene rings is 1. The number of fused-ring (bicyclic) bond motifs is 1. The molecule has 3 rings (SSSR count). The summed E-state index contributed by atoms with van der Waals surface area (Å²) in [5.41, 5.74) is 2.07. The highest BCUT2D eigenvalue weighted by Gasteiger charge is 2.17. The van der Waals surface area contributed by atoms with Crippen LogP contribution >= 0.6 is 0 Å². The molecule has 1 aromatic carbocycles. The van der Waals surface area contributed by atoms with Crippen LogP contribution < -0.4 is 10.6 Å². The van der Waals surface area contributed by atoms with Crippen molar-refractivity contribution >= 4 is 16.9 Å². The summed E-state index contributed by atoms with van der Waals surface area (Å²) in [6, 6.07) is 12.1. The third-order valence-electron chi connectivity index (χ3n) is 4.54. The summed E-state index contributed by atoms with van der Waals surface area (Å²) in [5, 5.41) is 7.83. The number of furan rings is 2. The molecule has 0 radical (unpaired) electrons. The van der Waals surface area contributed by atoms with E-state index < -0.39 is 0 Å². The number of hydrogen-bond donors (Lipinski definition) is 2. The third kappa shape index (κ3) is 3.91. The van der Waals surface area contributed by atoms with E-state index in [2.05, 4.69) is 33.5 Å². The Hall–Kier alpha value is -2.73. The van der Waals surface area contributed by atoms with Crippen LogP contribution in [-0.2, 0) is 6.54 Å². The number of likely N-dealkylation sites (N-methyl/N-ethyl adjacent to an activating group) is 1. The Kier molecular flexibility index (Phi) is 5.63. The van der Waals surface area contributed by atoms with E-state index >= 15 is 0 Å². The highest BCUT2D eigenvalue weighted by Crippen LogP contribution is 2.24. The number of nitrogens with one attached hydrogen (secondary N) is 2. The fraction of sp³-hybridized carbons (Fsp3) is 0.350. The normalized spacial score (nSPS) is 13.3. The van der Waals surface area contributed by atoms with E-state index in [0.29, 0.717) is 13.1 Å². The number of aliphatic imine (C=N–C) groups is 1. The molecule has 3 aromatic rings. The minimum absolute atomic E-state index is 0.122. The second-order valence-corrected chi connectivity index (χ2v) is 6.45. The highest BCUT2D eigenvalue weighted by atomic mass is 16.3. The first-order valence-corrected chi connectivity index (χ1v) is 8.71. The van der Waals surface area contributed by atoms with Crippen molar-refractivity contribution in [2.75, 3.05) is 27.7 Å². The van der Waals surface area contributed by atoms with E-state index in [-0.39, 0.29) is 6.04 Å². The fourth-order valence-corrected chi connectivity index (χ4v) is 2.99. The van der Waals surface area contributed by atoms with Crippen molar-refractivity contribution in [2.45, 2.75) is 19.5 Å². The lowest BCUT2D eigenvalue weighted by atomic mass is 10.1. The monoisotopic (exact) mass is 354 g/mol. The predicted molar refractivity (Wildman–Crippen MR) is 104 cm³/mol. The zero-order valence-corrected chi connectivity index (χ0v) is 15.7. The maximum Gasteiger partial charge on any atom is 0.191 e. The summed E-state index contributed by atoms with van der Waals surface area (Å²) in [4.78, 5) is 6.42. The van der Waals surface area contributed by atoms with Crippen molar-refractivity contribution in [3.8, 4) is 0 Å². The van der Waals surface area contributed by atoms with E-state index in [1.807, 2.05) is 44.4 Å². The largest absolute Gasteiger partial charge is 0.468 e. The lowest BCUT2D eigenvalue weighted by Gasteiger charge is -2.23. The van der Waals surface area contributed by atoms with E-state index in [0.717, 1.165) is 34.0 Å². The first-order chi connectivity index (χ1) is 12.6. The molecule has 1 atom stereocenters. The Morgan fingerprint density at radius 1 is 1.15 bits per heavy atom. The van der Waals surface area contributed by atoms with Gasteiger partial charge in [-0.15, -0.1) is 0 Å². The molecular formula is C20H26N4O2. The van der Waals surface area contributed by atoms with Crippen molar-refractivity contribution in [1.82, 2.24) is 15.5 Å². The molecule has 26 heavy (non-hydrogen) atoms. The summed E-state index contributed by atoms with van der Waals surface area (Å²) in [7, 11) is 5.82. The van der Waals surface area contributed by atoms with Crippen LogP contribution in [-0.4, -0.2) is 38.5 Å². The lowest BCUT2D eigenvalue weighted by Crippen LogP contribution is -2.41. The fourth-order valence-electron chi connectivity index (χ4n) is 2.99. The van der Waals surface area contributed by atoms with Gasteiger partial charge in [0.2, 0.25) is 0 Å². The molecule has 2 heterocycles. The van der Waals surface area contributed by atoms with Gasteiger partial charge in [-0.1, -0.05) is 18.2 Å². The molecular weight excluding hydrogens is 328 g/mol. The van der Waals surface area contributed by atoms with Crippen LogP contribution in [0.4, 0.5) is 0 Å². The summed E-state index contributed by atoms with van der Waals surface area (Å²) >= 11 is 0. The molecule has 0 spiro atoms. The van der Waals surface area contributed by atoms with Gasteiger partial charge in [-0.2, -0.15) is 0 Å². The van der Waals surface area contributed by atoms with Crippen LogP contribution in [0, 0.1) is 6.92 Å². The molecule has 0 aliphatic heterocycles. The van der Waals surface area contributed by atoms with Crippen LogP contribution in [0.15, 0.2) is 56.5 Å². The minimum Gasteiger partial charge on any atom is -0.468 e. The van der Waals surface area contributed by atoms with Gasteiger partial charge >= 0.3 is 0 Å². The molecule has 138 valence electrons. The molecule has 0 saturated carbocycles. The van der Waals surface area contributed by atoms with E-state index in [1.54, 1.807) is 13.3 Å². The molecule has 0 fully saturated rings. The van der Waals surface area contributed by atoms with E-state index in [1.165, 1.54) is 0 Å². The molecule has 0 aliphatic rings. The molecule has 2 N–H and O–H groups in total. The van der Waals surface area contributed by atoms with Crippen LogP contribution in [0.2, 0.25) is 0 Å². The van der Waals surface area contributed by atoms with Gasteiger partial charge < -0.3 is 19.5 Å². The molecule has 0 bridgehead atoms. The summed E-state index contributed by atoms with van der Waals surface area (Å²) in [5.74, 6) is 2.57. The number of hydrogen-bond acceptors (Lipinski definition) is 4. The van der Waals surface area contributed by atoms with Gasteiger partial charge in [-0.05, 0) is 39.2 Å². The summed E-state index contributed by atoms with van der Waals surface area (Å²) in [6.45, 7) is 3.34. The Balaban J connectivity index is 1.61. The molecule has 6 heteroatoms. The smallest absolute Gasteiger partial charge is 0.191 e. The van der Waals surface area contributed by atoms with Crippen molar-refractivity contribution < 1.29 is 8.83 Å². The van der Waals surface area contributed by atoms with Crippen LogP contribution in [0.1, 0.15) is 23.1 Å². The topological polar surface area (TPSA) is 65.9 Å². The quantitative estimate of drug-likeness (QED) is 0.525. The van der Waals surface area contributed by atoms with Crippen molar-refractivity contribution in [1.29, 1.82) is 0 Å². The molecule has 2 aromatic heterocycles. The van der Waals surface area contributed by atoms with Gasteiger partial charge in [0.15, 0.2) is 5.96 Å². The number of rotatable bonds is 6. The van der Waals surface area contributed by atoms with Gasteiger partial charge in [-0.25, -0.2) is 0 Å². The SMILES string of the molecule is CN=C(NCc1oc2ccccc2c1C)NCC(c1ccco1)N(C)C. The van der Waals surface area contributed by atoms with Crippen molar-refractivity contribution in [3.63, 3.8) is 0 Å². The Bertz CT molecular complexity index is 865. The van der Waals surface area contributed by atoms with Gasteiger partial charge in [0.1, 0.15) is 17.1 Å².